The van der Waals surface area contributed by atoms with E-state index in [1.807, 2.05) is 0 Å². The minimum absolute atomic E-state index is 0.0179. The fourth-order valence-electron chi connectivity index (χ4n) is 5.12. The van der Waals surface area contributed by atoms with Crippen LogP contribution >= 0.6 is 11.3 Å². The van der Waals surface area contributed by atoms with Gasteiger partial charge in [0.05, 0.1) is 10.9 Å². The van der Waals surface area contributed by atoms with Crippen LogP contribution in [0.25, 0.3) is 0 Å². The molecule has 7 nitrogen and oxygen atoms in total. The molecular weight excluding hydrogens is 564 g/mol. The SMILES string of the molecule is O=C(Oc1cscn1)N(Cc1cccc(OC(F)(F)F)c1)CC1C2CN(Cc3ccc(OC(F)(F)F)cc3)CC21. The van der Waals surface area contributed by atoms with Gasteiger partial charge in [0.25, 0.3) is 0 Å². The number of carbonyl (C=O) groups is 1. The van der Waals surface area contributed by atoms with E-state index in [1.54, 1.807) is 23.6 Å². The first-order valence-electron chi connectivity index (χ1n) is 12.2. The number of thiazole rings is 1. The Balaban J connectivity index is 1.19. The van der Waals surface area contributed by atoms with Gasteiger partial charge in [0.2, 0.25) is 5.88 Å². The fourth-order valence-corrected chi connectivity index (χ4v) is 5.57. The topological polar surface area (TPSA) is 64.1 Å². The predicted molar refractivity (Wildman–Crippen MR) is 131 cm³/mol. The maximum absolute atomic E-state index is 13.0. The van der Waals surface area contributed by atoms with E-state index in [1.165, 1.54) is 52.1 Å². The Labute approximate surface area is 228 Å². The van der Waals surface area contributed by atoms with E-state index in [4.69, 9.17) is 4.74 Å². The molecule has 2 aromatic carbocycles. The molecule has 2 fully saturated rings. The molecule has 2 aliphatic rings. The molecular formula is C26H23F6N3O4S. The number of likely N-dealkylation sites (tertiary alicyclic amines) is 1. The number of piperidine rings is 1. The summed E-state index contributed by atoms with van der Waals surface area (Å²) < 4.78 is 88.4. The summed E-state index contributed by atoms with van der Waals surface area (Å²) in [5, 5.41) is 1.57. The van der Waals surface area contributed by atoms with Gasteiger partial charge in [0, 0.05) is 32.7 Å². The Kier molecular flexibility index (Phi) is 7.82. The van der Waals surface area contributed by atoms with Crippen molar-refractivity contribution in [3.8, 4) is 17.4 Å². The minimum atomic E-state index is -4.84. The van der Waals surface area contributed by atoms with Gasteiger partial charge < -0.3 is 19.1 Å². The fraction of sp³-hybridized carbons (Fsp3) is 0.385. The maximum atomic E-state index is 13.0. The number of halogens is 6. The summed E-state index contributed by atoms with van der Waals surface area (Å²) >= 11 is 1.26. The smallest absolute Gasteiger partial charge is 0.406 e. The lowest BCUT2D eigenvalue weighted by Crippen LogP contribution is -2.36. The van der Waals surface area contributed by atoms with E-state index in [9.17, 15) is 31.1 Å². The average molecular weight is 588 g/mol. The Hall–Kier alpha value is -3.52. The Morgan fingerprint density at radius 3 is 2.25 bits per heavy atom. The summed E-state index contributed by atoms with van der Waals surface area (Å²) in [5.74, 6) is 0.277. The molecule has 214 valence electrons. The highest BCUT2D eigenvalue weighted by molar-refractivity contribution is 7.07. The van der Waals surface area contributed by atoms with Crippen LogP contribution in [-0.2, 0) is 13.1 Å². The molecule has 1 aliphatic carbocycles. The molecule has 3 aromatic rings. The quantitative estimate of drug-likeness (QED) is 0.273. The van der Waals surface area contributed by atoms with E-state index >= 15 is 0 Å². The van der Waals surface area contributed by atoms with Gasteiger partial charge in [0.1, 0.15) is 11.5 Å². The minimum Gasteiger partial charge on any atom is -0.406 e. The zero-order chi connectivity index (χ0) is 28.5. The number of hydrogen-bond donors (Lipinski definition) is 0. The lowest BCUT2D eigenvalue weighted by atomic mass is 10.1. The van der Waals surface area contributed by atoms with Crippen LogP contribution in [0.1, 0.15) is 11.1 Å². The average Bonchev–Trinajstić information content (AvgIpc) is 3.20. The Morgan fingerprint density at radius 2 is 1.62 bits per heavy atom. The number of hydrogen-bond acceptors (Lipinski definition) is 7. The number of alkyl halides is 6. The molecule has 5 rings (SSSR count). The highest BCUT2D eigenvalue weighted by atomic mass is 32.1. The molecule has 0 bridgehead atoms. The molecule has 2 heterocycles. The summed E-state index contributed by atoms with van der Waals surface area (Å²) in [6.45, 7) is 2.43. The molecule has 40 heavy (non-hydrogen) atoms. The van der Waals surface area contributed by atoms with Crippen LogP contribution in [0.5, 0.6) is 17.4 Å². The highest BCUT2D eigenvalue weighted by Gasteiger charge is 2.56. The molecule has 1 aromatic heterocycles. The molecule has 1 aliphatic heterocycles. The van der Waals surface area contributed by atoms with Crippen molar-refractivity contribution in [3.05, 3.63) is 70.5 Å². The summed E-state index contributed by atoms with van der Waals surface area (Å²) in [4.78, 5) is 20.6. The normalized spacial score (nSPS) is 20.6. The van der Waals surface area contributed by atoms with Crippen LogP contribution in [0.2, 0.25) is 0 Å². The second-order valence-electron chi connectivity index (χ2n) is 9.65. The van der Waals surface area contributed by atoms with E-state index in [0.29, 0.717) is 30.5 Å². The third kappa shape index (κ3) is 7.56. The van der Waals surface area contributed by atoms with Crippen LogP contribution in [0.4, 0.5) is 31.1 Å². The molecule has 1 amide bonds. The summed E-state index contributed by atoms with van der Waals surface area (Å²) in [6, 6.07) is 11.2. The van der Waals surface area contributed by atoms with Gasteiger partial charge in [-0.05, 0) is 53.1 Å². The van der Waals surface area contributed by atoms with Gasteiger partial charge in [-0.3, -0.25) is 4.90 Å². The summed E-state index contributed by atoms with van der Waals surface area (Å²) in [7, 11) is 0. The third-order valence-corrected chi connectivity index (χ3v) is 7.37. The largest absolute Gasteiger partial charge is 0.573 e. The van der Waals surface area contributed by atoms with Crippen LogP contribution in [0.15, 0.2) is 59.4 Å². The number of carbonyl (C=O) groups excluding carboxylic acids is 1. The second kappa shape index (κ2) is 11.2. The van der Waals surface area contributed by atoms with E-state index in [-0.39, 0.29) is 29.8 Å². The lowest BCUT2D eigenvalue weighted by Gasteiger charge is -2.25. The molecule has 0 radical (unpaired) electrons. The number of rotatable bonds is 9. The van der Waals surface area contributed by atoms with Gasteiger partial charge in [0.15, 0.2) is 0 Å². The number of amides is 1. The zero-order valence-corrected chi connectivity index (χ0v) is 21.5. The molecule has 1 saturated heterocycles. The van der Waals surface area contributed by atoms with Crippen molar-refractivity contribution >= 4 is 17.4 Å². The van der Waals surface area contributed by atoms with Crippen molar-refractivity contribution in [2.24, 2.45) is 17.8 Å². The number of benzene rings is 2. The van der Waals surface area contributed by atoms with Gasteiger partial charge in [-0.1, -0.05) is 24.3 Å². The van der Waals surface area contributed by atoms with Gasteiger partial charge in [-0.15, -0.1) is 37.7 Å². The Bertz CT molecular complexity index is 1290. The molecule has 2 atom stereocenters. The van der Waals surface area contributed by atoms with Crippen LogP contribution < -0.4 is 14.2 Å². The first kappa shape index (κ1) is 28.0. The highest BCUT2D eigenvalue weighted by Crippen LogP contribution is 2.52. The number of nitrogens with zero attached hydrogens (tertiary/aromatic N) is 3. The standard InChI is InChI=1S/C26H23F6N3O4S/c27-25(28,29)38-18-6-4-16(5-7-18)9-34-11-20-21(12-34)22(20)13-35(24(36)37-23-14-40-15-33-23)10-17-2-1-3-19(8-17)39-26(30,31)32/h1-8,14-15,20-22H,9-13H2. The van der Waals surface area contributed by atoms with E-state index < -0.39 is 18.8 Å². The van der Waals surface area contributed by atoms with Crippen LogP contribution in [0, 0.1) is 17.8 Å². The first-order chi connectivity index (χ1) is 18.9. The third-order valence-electron chi connectivity index (χ3n) is 6.81. The number of fused-ring (bicyclic) bond motifs is 1. The zero-order valence-electron chi connectivity index (χ0n) is 20.7. The van der Waals surface area contributed by atoms with Crippen molar-refractivity contribution in [1.29, 1.82) is 0 Å². The molecule has 0 spiro atoms. The van der Waals surface area contributed by atoms with Crippen molar-refractivity contribution in [2.45, 2.75) is 25.8 Å². The van der Waals surface area contributed by atoms with Gasteiger partial charge in [-0.2, -0.15) is 0 Å². The van der Waals surface area contributed by atoms with Crippen molar-refractivity contribution < 1.29 is 45.3 Å². The second-order valence-corrected chi connectivity index (χ2v) is 10.4. The number of aromatic nitrogens is 1. The van der Waals surface area contributed by atoms with Crippen LogP contribution in [-0.4, -0.2) is 53.2 Å². The van der Waals surface area contributed by atoms with Crippen LogP contribution in [0.3, 0.4) is 0 Å². The lowest BCUT2D eigenvalue weighted by molar-refractivity contribution is -0.275. The molecule has 0 N–H and O–H groups in total. The number of ether oxygens (including phenoxy) is 3. The van der Waals surface area contributed by atoms with Crippen molar-refractivity contribution in [1.82, 2.24) is 14.8 Å². The Morgan fingerprint density at radius 1 is 0.950 bits per heavy atom. The maximum Gasteiger partial charge on any atom is 0.573 e. The summed E-state index contributed by atoms with van der Waals surface area (Å²) in [6.07, 6.45) is -10.2. The molecule has 1 saturated carbocycles. The molecule has 2 unspecified atom stereocenters. The van der Waals surface area contributed by atoms with Gasteiger partial charge >= 0.3 is 18.8 Å². The van der Waals surface area contributed by atoms with Crippen molar-refractivity contribution in [3.63, 3.8) is 0 Å². The van der Waals surface area contributed by atoms with Crippen molar-refractivity contribution in [2.75, 3.05) is 19.6 Å². The first-order valence-corrected chi connectivity index (χ1v) is 13.1. The molecule has 14 heteroatoms. The van der Waals surface area contributed by atoms with E-state index in [0.717, 1.165) is 18.7 Å². The monoisotopic (exact) mass is 587 g/mol. The summed E-state index contributed by atoms with van der Waals surface area (Å²) in [5.41, 5.74) is 2.81. The van der Waals surface area contributed by atoms with E-state index in [2.05, 4.69) is 19.4 Å². The predicted octanol–water partition coefficient (Wildman–Crippen LogP) is 6.32. The van der Waals surface area contributed by atoms with Gasteiger partial charge in [-0.25, -0.2) is 9.78 Å².